The molecule has 2 aromatic rings. The molecule has 1 saturated heterocycles. The monoisotopic (exact) mass is 536 g/mol. The number of nitrogens with zero attached hydrogens (tertiary/aromatic N) is 3. The van der Waals surface area contributed by atoms with Gasteiger partial charge in [-0.1, -0.05) is 40.2 Å². The lowest BCUT2D eigenvalue weighted by Crippen LogP contribution is -2.47. The van der Waals surface area contributed by atoms with Crippen molar-refractivity contribution in [1.82, 2.24) is 10.2 Å². The minimum absolute atomic E-state index is 0.145. The standard InChI is InChI=1S/C19H14BrIN4S/c20-15-3-1-2-14(8-15)19(13-4-6-16(21)7-5-13)17-23-10-12(9-22)11-25(17)18(26)24-19/h1-8,12H,10-11H2,(H,24,26). The Morgan fingerprint density at radius 2 is 2.04 bits per heavy atom. The number of nitriles is 1. The van der Waals surface area contributed by atoms with E-state index in [0.717, 1.165) is 21.4 Å². The summed E-state index contributed by atoms with van der Waals surface area (Å²) in [4.78, 5) is 6.78. The number of rotatable bonds is 2. The fraction of sp³-hybridized carbons (Fsp3) is 0.211. The highest BCUT2D eigenvalue weighted by molar-refractivity contribution is 14.1. The van der Waals surface area contributed by atoms with Gasteiger partial charge in [-0.25, -0.2) is 0 Å². The molecule has 0 saturated carbocycles. The van der Waals surface area contributed by atoms with Crippen LogP contribution >= 0.6 is 50.7 Å². The summed E-state index contributed by atoms with van der Waals surface area (Å²) < 4.78 is 2.17. The highest BCUT2D eigenvalue weighted by atomic mass is 127. The molecular weight excluding hydrogens is 523 g/mol. The summed E-state index contributed by atoms with van der Waals surface area (Å²) in [6, 6.07) is 18.9. The summed E-state index contributed by atoms with van der Waals surface area (Å²) in [7, 11) is 0. The Labute approximate surface area is 179 Å². The summed E-state index contributed by atoms with van der Waals surface area (Å²) in [6.07, 6.45) is 0. The Hall–Kier alpha value is -1.50. The van der Waals surface area contributed by atoms with Crippen molar-refractivity contribution in [3.63, 3.8) is 0 Å². The van der Waals surface area contributed by atoms with Crippen LogP contribution in [0.2, 0.25) is 0 Å². The van der Waals surface area contributed by atoms with Gasteiger partial charge in [0.1, 0.15) is 11.4 Å². The maximum absolute atomic E-state index is 9.31. The first kappa shape index (κ1) is 17.9. The second-order valence-electron chi connectivity index (χ2n) is 6.30. The lowest BCUT2D eigenvalue weighted by molar-refractivity contribution is 0.479. The van der Waals surface area contributed by atoms with E-state index in [2.05, 4.69) is 86.3 Å². The normalized spacial score (nSPS) is 24.5. The molecule has 130 valence electrons. The van der Waals surface area contributed by atoms with Crippen LogP contribution in [-0.4, -0.2) is 28.9 Å². The number of amidine groups is 1. The van der Waals surface area contributed by atoms with Crippen LogP contribution in [0, 0.1) is 20.8 Å². The van der Waals surface area contributed by atoms with Gasteiger partial charge >= 0.3 is 0 Å². The van der Waals surface area contributed by atoms with Gasteiger partial charge in [0, 0.05) is 14.6 Å². The van der Waals surface area contributed by atoms with E-state index >= 15 is 0 Å². The number of benzene rings is 2. The number of fused-ring (bicyclic) bond motifs is 1. The van der Waals surface area contributed by atoms with Crippen LogP contribution in [0.3, 0.4) is 0 Å². The van der Waals surface area contributed by atoms with Crippen molar-refractivity contribution < 1.29 is 0 Å². The van der Waals surface area contributed by atoms with Crippen LogP contribution in [0.4, 0.5) is 0 Å². The van der Waals surface area contributed by atoms with Gasteiger partial charge in [0.2, 0.25) is 0 Å². The van der Waals surface area contributed by atoms with Gasteiger partial charge in [0.25, 0.3) is 0 Å². The molecule has 1 fully saturated rings. The first-order chi connectivity index (χ1) is 12.5. The second-order valence-corrected chi connectivity index (χ2v) is 8.85. The molecule has 2 aromatic carbocycles. The highest BCUT2D eigenvalue weighted by Gasteiger charge is 2.51. The van der Waals surface area contributed by atoms with Gasteiger partial charge in [0.05, 0.1) is 18.5 Å². The SMILES string of the molecule is N#CC1CN=C2N(C1)C(=S)NC2(c1ccc(I)cc1)c1cccc(Br)c1. The third-order valence-corrected chi connectivity index (χ3v) is 6.25. The average Bonchev–Trinajstić information content (AvgIpc) is 2.95. The smallest absolute Gasteiger partial charge is 0.175 e. The van der Waals surface area contributed by atoms with Crippen molar-refractivity contribution in [2.75, 3.05) is 13.1 Å². The first-order valence-electron chi connectivity index (χ1n) is 8.11. The molecule has 0 aromatic heterocycles. The molecule has 0 amide bonds. The van der Waals surface area contributed by atoms with E-state index in [-0.39, 0.29) is 5.92 Å². The Balaban J connectivity index is 1.95. The van der Waals surface area contributed by atoms with Crippen molar-refractivity contribution in [1.29, 1.82) is 5.26 Å². The Bertz CT molecular complexity index is 953. The van der Waals surface area contributed by atoms with Gasteiger partial charge in [-0.3, -0.25) is 4.99 Å². The molecule has 0 spiro atoms. The number of aliphatic imine (C=N–C) groups is 1. The minimum atomic E-state index is -0.647. The zero-order valence-electron chi connectivity index (χ0n) is 13.6. The molecule has 7 heteroatoms. The Morgan fingerprint density at radius 1 is 1.27 bits per heavy atom. The van der Waals surface area contributed by atoms with Gasteiger partial charge in [-0.2, -0.15) is 5.26 Å². The predicted molar refractivity (Wildman–Crippen MR) is 118 cm³/mol. The molecular formula is C19H14BrIN4S. The lowest BCUT2D eigenvalue weighted by atomic mass is 9.81. The summed E-state index contributed by atoms with van der Waals surface area (Å²) in [5, 5.41) is 13.5. The lowest BCUT2D eigenvalue weighted by Gasteiger charge is -2.34. The van der Waals surface area contributed by atoms with Gasteiger partial charge in [0.15, 0.2) is 5.11 Å². The topological polar surface area (TPSA) is 51.4 Å². The molecule has 4 nitrogen and oxygen atoms in total. The van der Waals surface area contributed by atoms with E-state index in [9.17, 15) is 5.26 Å². The van der Waals surface area contributed by atoms with Crippen LogP contribution in [0.15, 0.2) is 58.0 Å². The van der Waals surface area contributed by atoms with Crippen LogP contribution in [0.25, 0.3) is 0 Å². The van der Waals surface area contributed by atoms with Crippen molar-refractivity contribution in [2.45, 2.75) is 5.54 Å². The molecule has 2 aliphatic rings. The van der Waals surface area contributed by atoms with Crippen LogP contribution in [-0.2, 0) is 5.54 Å². The number of halogens is 2. The van der Waals surface area contributed by atoms with Crippen LogP contribution in [0.1, 0.15) is 11.1 Å². The third kappa shape index (κ3) is 2.84. The Kier molecular flexibility index (Phi) is 4.75. The summed E-state index contributed by atoms with van der Waals surface area (Å²) in [5.74, 6) is 0.724. The van der Waals surface area contributed by atoms with E-state index in [1.807, 2.05) is 17.0 Å². The highest BCUT2D eigenvalue weighted by Crippen LogP contribution is 2.39. The molecule has 2 aliphatic heterocycles. The number of thiocarbonyl (C=S) groups is 1. The molecule has 0 aliphatic carbocycles. The van der Waals surface area contributed by atoms with Crippen molar-refractivity contribution >= 4 is 61.7 Å². The summed E-state index contributed by atoms with van der Waals surface area (Å²) in [6.45, 7) is 1.06. The van der Waals surface area contributed by atoms with Gasteiger partial charge in [-0.15, -0.1) is 0 Å². The molecule has 2 heterocycles. The maximum Gasteiger partial charge on any atom is 0.175 e. The summed E-state index contributed by atoms with van der Waals surface area (Å²) in [5.41, 5.74) is 1.49. The molecule has 4 rings (SSSR count). The summed E-state index contributed by atoms with van der Waals surface area (Å²) >= 11 is 11.5. The van der Waals surface area contributed by atoms with Crippen LogP contribution < -0.4 is 5.32 Å². The number of hydrogen-bond donors (Lipinski definition) is 1. The quantitative estimate of drug-likeness (QED) is 0.465. The van der Waals surface area contributed by atoms with E-state index in [1.165, 1.54) is 3.57 Å². The zero-order valence-corrected chi connectivity index (χ0v) is 18.2. The maximum atomic E-state index is 9.31. The zero-order chi connectivity index (χ0) is 18.3. The Morgan fingerprint density at radius 3 is 2.73 bits per heavy atom. The molecule has 2 unspecified atom stereocenters. The molecule has 2 atom stereocenters. The minimum Gasteiger partial charge on any atom is -0.342 e. The van der Waals surface area contributed by atoms with Crippen molar-refractivity contribution in [3.05, 3.63) is 67.7 Å². The first-order valence-corrected chi connectivity index (χ1v) is 10.4. The third-order valence-electron chi connectivity index (χ3n) is 4.71. The van der Waals surface area contributed by atoms with Crippen LogP contribution in [0.5, 0.6) is 0 Å². The molecule has 0 bridgehead atoms. The fourth-order valence-corrected chi connectivity index (χ4v) is 4.58. The largest absolute Gasteiger partial charge is 0.342 e. The van der Waals surface area contributed by atoms with E-state index < -0.39 is 5.54 Å². The average molecular weight is 537 g/mol. The molecule has 0 radical (unpaired) electrons. The molecule has 26 heavy (non-hydrogen) atoms. The van der Waals surface area contributed by atoms with Gasteiger partial charge in [-0.05, 0) is 70.2 Å². The number of nitrogens with one attached hydrogen (secondary N) is 1. The molecule has 1 N–H and O–H groups in total. The fourth-order valence-electron chi connectivity index (χ4n) is 3.50. The second kappa shape index (κ2) is 6.91. The van der Waals surface area contributed by atoms with E-state index in [0.29, 0.717) is 18.2 Å². The van der Waals surface area contributed by atoms with Crippen molar-refractivity contribution in [3.8, 4) is 6.07 Å². The predicted octanol–water partition coefficient (Wildman–Crippen LogP) is 4.04. The van der Waals surface area contributed by atoms with E-state index in [1.54, 1.807) is 0 Å². The van der Waals surface area contributed by atoms with Gasteiger partial charge < -0.3 is 10.2 Å². The number of hydrogen-bond acceptors (Lipinski definition) is 3. The van der Waals surface area contributed by atoms with E-state index in [4.69, 9.17) is 17.2 Å². The van der Waals surface area contributed by atoms with Crippen molar-refractivity contribution in [2.24, 2.45) is 10.9 Å².